The van der Waals surface area contributed by atoms with Crippen molar-refractivity contribution < 1.29 is 9.66 Å². The summed E-state index contributed by atoms with van der Waals surface area (Å²) in [6, 6.07) is 12.7. The minimum Gasteiger partial charge on any atom is -0.466 e. The Morgan fingerprint density at radius 3 is 2.48 bits per heavy atom. The van der Waals surface area contributed by atoms with E-state index in [0.29, 0.717) is 11.4 Å². The van der Waals surface area contributed by atoms with Gasteiger partial charge in [-0.05, 0) is 47.6 Å². The summed E-state index contributed by atoms with van der Waals surface area (Å²) in [5.41, 5.74) is 10.3. The van der Waals surface area contributed by atoms with Gasteiger partial charge in [-0.1, -0.05) is 17.2 Å². The summed E-state index contributed by atoms with van der Waals surface area (Å²) in [5.74, 6) is 0. The van der Waals surface area contributed by atoms with Crippen LogP contribution in [-0.4, -0.2) is 10.1 Å². The highest BCUT2D eigenvalue weighted by Gasteiger charge is 2.05. The Kier molecular flexibility index (Phi) is 5.45. The molecule has 0 aliphatic heterocycles. The van der Waals surface area contributed by atoms with E-state index in [2.05, 4.69) is 15.3 Å². The summed E-state index contributed by atoms with van der Waals surface area (Å²) in [6.07, 6.45) is 0. The van der Waals surface area contributed by atoms with Crippen molar-refractivity contribution in [2.24, 2.45) is 5.11 Å². The van der Waals surface area contributed by atoms with Crippen molar-refractivity contribution in [2.75, 3.05) is 5.32 Å². The third kappa shape index (κ3) is 4.95. The summed E-state index contributed by atoms with van der Waals surface area (Å²) in [6.45, 7) is 0.195. The molecule has 0 radical (unpaired) electrons. The number of thiocarbonyl (C=S) groups is 1. The molecule has 2 aromatic rings. The number of hydrogen-bond donors (Lipinski definition) is 1. The molecule has 0 heterocycles. The molecule has 9 heteroatoms. The second-order valence-electron chi connectivity index (χ2n) is 4.36. The summed E-state index contributed by atoms with van der Waals surface area (Å²) in [5, 5.41) is 17.1. The zero-order valence-electron chi connectivity index (χ0n) is 11.7. The van der Waals surface area contributed by atoms with Crippen molar-refractivity contribution in [1.29, 1.82) is 0 Å². The van der Waals surface area contributed by atoms with Crippen molar-refractivity contribution in [2.45, 2.75) is 6.61 Å². The van der Waals surface area contributed by atoms with E-state index in [1.807, 2.05) is 0 Å². The first-order chi connectivity index (χ1) is 11.1. The van der Waals surface area contributed by atoms with Crippen LogP contribution in [0.4, 0.5) is 17.1 Å². The third-order valence-electron chi connectivity index (χ3n) is 2.79. The first-order valence-electron chi connectivity index (χ1n) is 6.41. The molecular formula is C14H11N5O3S. The monoisotopic (exact) mass is 329 g/mol. The Labute approximate surface area is 136 Å². The number of hydrogen-bond acceptors (Lipinski definition) is 5. The van der Waals surface area contributed by atoms with E-state index in [1.54, 1.807) is 36.4 Å². The van der Waals surface area contributed by atoms with Gasteiger partial charge in [-0.15, -0.1) is 0 Å². The molecule has 0 saturated heterocycles. The molecule has 0 aliphatic rings. The van der Waals surface area contributed by atoms with Gasteiger partial charge in [0.15, 0.2) is 0 Å². The van der Waals surface area contributed by atoms with E-state index in [4.69, 9.17) is 22.5 Å². The molecular weight excluding hydrogens is 318 g/mol. The lowest BCUT2D eigenvalue weighted by atomic mass is 10.2. The minimum atomic E-state index is -0.461. The molecule has 0 atom stereocenters. The molecule has 0 saturated carbocycles. The second-order valence-corrected chi connectivity index (χ2v) is 4.73. The van der Waals surface area contributed by atoms with Crippen LogP contribution in [0.1, 0.15) is 5.56 Å². The number of azide groups is 1. The zero-order chi connectivity index (χ0) is 16.7. The van der Waals surface area contributed by atoms with Crippen LogP contribution >= 0.6 is 12.2 Å². The molecule has 8 nitrogen and oxygen atoms in total. The molecule has 0 fully saturated rings. The number of nitrogens with one attached hydrogen (secondary N) is 1. The van der Waals surface area contributed by atoms with Crippen LogP contribution in [0.3, 0.4) is 0 Å². The average Bonchev–Trinajstić information content (AvgIpc) is 2.55. The normalized spacial score (nSPS) is 9.57. The van der Waals surface area contributed by atoms with Crippen molar-refractivity contribution in [3.8, 4) is 0 Å². The fraction of sp³-hybridized carbons (Fsp3) is 0.0714. The second kappa shape index (κ2) is 7.74. The fourth-order valence-electron chi connectivity index (χ4n) is 1.68. The first-order valence-corrected chi connectivity index (χ1v) is 6.81. The van der Waals surface area contributed by atoms with Crippen LogP contribution in [0.5, 0.6) is 0 Å². The fourth-order valence-corrected chi connectivity index (χ4v) is 1.86. The number of ether oxygens (including phenoxy) is 1. The predicted molar refractivity (Wildman–Crippen MR) is 89.4 cm³/mol. The van der Waals surface area contributed by atoms with E-state index in [-0.39, 0.29) is 17.5 Å². The molecule has 116 valence electrons. The number of nitro benzene ring substituents is 1. The first kappa shape index (κ1) is 16.2. The van der Waals surface area contributed by atoms with Gasteiger partial charge in [-0.25, -0.2) is 0 Å². The van der Waals surface area contributed by atoms with E-state index < -0.39 is 4.92 Å². The maximum atomic E-state index is 10.6. The highest BCUT2D eigenvalue weighted by molar-refractivity contribution is 7.80. The topological polar surface area (TPSA) is 113 Å². The maximum absolute atomic E-state index is 10.6. The van der Waals surface area contributed by atoms with Gasteiger partial charge >= 0.3 is 0 Å². The lowest BCUT2D eigenvalue weighted by Crippen LogP contribution is -2.13. The quantitative estimate of drug-likeness (QED) is 0.217. The minimum absolute atomic E-state index is 0.0227. The third-order valence-corrected chi connectivity index (χ3v) is 3.01. The maximum Gasteiger partial charge on any atom is 0.269 e. The summed E-state index contributed by atoms with van der Waals surface area (Å²) in [4.78, 5) is 12.8. The Balaban J connectivity index is 1.87. The van der Waals surface area contributed by atoms with Gasteiger partial charge < -0.3 is 10.1 Å². The molecule has 0 aromatic heterocycles. The molecule has 23 heavy (non-hydrogen) atoms. The SMILES string of the molecule is [N-]=[N+]=Nc1ccc(NC(=S)OCc2ccc([N+](=O)[O-])cc2)cc1. The Morgan fingerprint density at radius 2 is 1.91 bits per heavy atom. The summed E-state index contributed by atoms with van der Waals surface area (Å²) >= 11 is 5.06. The van der Waals surface area contributed by atoms with Crippen LogP contribution < -0.4 is 5.32 Å². The van der Waals surface area contributed by atoms with Gasteiger partial charge in [-0.3, -0.25) is 10.1 Å². The van der Waals surface area contributed by atoms with Crippen LogP contribution in [0, 0.1) is 10.1 Å². The molecule has 0 bridgehead atoms. The van der Waals surface area contributed by atoms with Crippen LogP contribution in [-0.2, 0) is 11.3 Å². The van der Waals surface area contributed by atoms with Gasteiger partial charge in [0.2, 0.25) is 0 Å². The number of benzene rings is 2. The number of non-ortho nitro benzene ring substituents is 1. The molecule has 1 N–H and O–H groups in total. The van der Waals surface area contributed by atoms with Gasteiger partial charge in [0.1, 0.15) is 6.61 Å². The van der Waals surface area contributed by atoms with Crippen LogP contribution in [0.15, 0.2) is 53.6 Å². The Hall–Kier alpha value is -3.16. The zero-order valence-corrected chi connectivity index (χ0v) is 12.6. The molecule has 0 amide bonds. The van der Waals surface area contributed by atoms with Gasteiger partial charge in [0.25, 0.3) is 10.9 Å². The van der Waals surface area contributed by atoms with Crippen molar-refractivity contribution in [3.63, 3.8) is 0 Å². The van der Waals surface area contributed by atoms with E-state index in [9.17, 15) is 10.1 Å². The molecule has 2 aromatic carbocycles. The number of rotatable bonds is 5. The van der Waals surface area contributed by atoms with Crippen molar-refractivity contribution >= 4 is 34.5 Å². The molecule has 2 rings (SSSR count). The average molecular weight is 329 g/mol. The molecule has 0 spiro atoms. The number of nitro groups is 1. The summed E-state index contributed by atoms with van der Waals surface area (Å²) < 4.78 is 5.38. The van der Waals surface area contributed by atoms with E-state index >= 15 is 0 Å². The smallest absolute Gasteiger partial charge is 0.269 e. The lowest BCUT2D eigenvalue weighted by molar-refractivity contribution is -0.384. The highest BCUT2D eigenvalue weighted by Crippen LogP contribution is 2.17. The van der Waals surface area contributed by atoms with Crippen molar-refractivity contribution in [1.82, 2.24) is 0 Å². The Bertz CT molecular complexity index is 755. The summed E-state index contributed by atoms with van der Waals surface area (Å²) in [7, 11) is 0. The lowest BCUT2D eigenvalue weighted by Gasteiger charge is -2.10. The predicted octanol–water partition coefficient (Wildman–Crippen LogP) is 4.45. The number of anilines is 1. The van der Waals surface area contributed by atoms with Gasteiger partial charge in [-0.2, -0.15) is 0 Å². The molecule has 0 aliphatic carbocycles. The van der Waals surface area contributed by atoms with Gasteiger partial charge in [0.05, 0.1) is 4.92 Å². The van der Waals surface area contributed by atoms with Gasteiger partial charge in [0, 0.05) is 28.4 Å². The van der Waals surface area contributed by atoms with Crippen molar-refractivity contribution in [3.05, 3.63) is 74.7 Å². The number of nitrogens with zero attached hydrogens (tertiary/aromatic N) is 4. The van der Waals surface area contributed by atoms with Crippen LogP contribution in [0.2, 0.25) is 0 Å². The standard InChI is InChI=1S/C14H11N5O3S/c15-18-17-12-5-3-11(4-6-12)16-14(23)22-9-10-1-7-13(8-2-10)19(20)21/h1-8H,9H2,(H,16,23). The largest absolute Gasteiger partial charge is 0.466 e. The van der Waals surface area contributed by atoms with Crippen LogP contribution in [0.25, 0.3) is 10.4 Å². The highest BCUT2D eigenvalue weighted by atomic mass is 32.1. The van der Waals surface area contributed by atoms with E-state index in [1.165, 1.54) is 12.1 Å². The Morgan fingerprint density at radius 1 is 1.26 bits per heavy atom. The van der Waals surface area contributed by atoms with E-state index in [0.717, 1.165) is 5.56 Å². The molecule has 0 unspecified atom stereocenters.